The second kappa shape index (κ2) is 7.05. The number of rotatable bonds is 3. The number of aryl methyl sites for hydroxylation is 3. The van der Waals surface area contributed by atoms with E-state index in [1.165, 1.54) is 6.07 Å². The van der Waals surface area contributed by atoms with Crippen molar-refractivity contribution >= 4 is 17.7 Å². The van der Waals surface area contributed by atoms with Crippen molar-refractivity contribution in [1.82, 2.24) is 0 Å². The second-order valence-electron chi connectivity index (χ2n) is 5.53. The molecule has 0 fully saturated rings. The van der Waals surface area contributed by atoms with Crippen molar-refractivity contribution in [3.63, 3.8) is 0 Å². The molecule has 0 aliphatic carbocycles. The fourth-order valence-electron chi connectivity index (χ4n) is 2.50. The van der Waals surface area contributed by atoms with Gasteiger partial charge in [0.15, 0.2) is 0 Å². The number of nitriles is 1. The third-order valence-corrected chi connectivity index (χ3v) is 3.57. The molecule has 3 nitrogen and oxygen atoms in total. The number of carbonyl (C=O) groups excluding carboxylic acids is 1. The quantitative estimate of drug-likeness (QED) is 0.670. The molecule has 2 rings (SSSR count). The molecule has 1 amide bonds. The third-order valence-electron chi connectivity index (χ3n) is 3.57. The van der Waals surface area contributed by atoms with Crippen LogP contribution in [0.1, 0.15) is 22.3 Å². The molecule has 122 valence electrons. The van der Waals surface area contributed by atoms with Crippen LogP contribution in [0.25, 0.3) is 6.08 Å². The Morgan fingerprint density at radius 1 is 1.12 bits per heavy atom. The zero-order chi connectivity index (χ0) is 17.9. The standard InChI is InChI=1S/C19H16F2N2O/c1-11-7-12(2)18(13(3)8-11)23-19(24)14(10-22)9-15-16(20)5-4-6-17(15)21/h4-9H,1-3H3,(H,23,24)/b14-9+. The zero-order valence-corrected chi connectivity index (χ0v) is 13.6. The summed E-state index contributed by atoms with van der Waals surface area (Å²) in [5.41, 5.74) is 2.53. The molecule has 0 saturated carbocycles. The summed E-state index contributed by atoms with van der Waals surface area (Å²) in [5.74, 6) is -2.38. The SMILES string of the molecule is Cc1cc(C)c(NC(=O)/C(C#N)=C/c2c(F)cccc2F)c(C)c1. The Hall–Kier alpha value is -3.00. The zero-order valence-electron chi connectivity index (χ0n) is 13.6. The van der Waals surface area contributed by atoms with Crippen LogP contribution in [0.2, 0.25) is 0 Å². The van der Waals surface area contributed by atoms with E-state index in [0.29, 0.717) is 5.69 Å². The molecule has 0 aliphatic rings. The second-order valence-corrected chi connectivity index (χ2v) is 5.53. The molecule has 0 aliphatic heterocycles. The molecule has 0 unspecified atom stereocenters. The molecule has 0 spiro atoms. The summed E-state index contributed by atoms with van der Waals surface area (Å²) < 4.78 is 27.4. The number of anilines is 1. The number of hydrogen-bond acceptors (Lipinski definition) is 2. The lowest BCUT2D eigenvalue weighted by Crippen LogP contribution is -2.15. The smallest absolute Gasteiger partial charge is 0.266 e. The summed E-state index contributed by atoms with van der Waals surface area (Å²) in [6, 6.07) is 8.83. The van der Waals surface area contributed by atoms with Gasteiger partial charge in [0.05, 0.1) is 0 Å². The van der Waals surface area contributed by atoms with Gasteiger partial charge in [0.25, 0.3) is 5.91 Å². The minimum Gasteiger partial charge on any atom is -0.321 e. The van der Waals surface area contributed by atoms with E-state index in [0.717, 1.165) is 34.9 Å². The predicted octanol–water partition coefficient (Wildman–Crippen LogP) is 4.44. The Kier molecular flexibility index (Phi) is 5.10. The fraction of sp³-hybridized carbons (Fsp3) is 0.158. The van der Waals surface area contributed by atoms with Crippen LogP contribution in [0.15, 0.2) is 35.9 Å². The Labute approximate surface area is 139 Å². The highest BCUT2D eigenvalue weighted by Crippen LogP contribution is 2.23. The lowest BCUT2D eigenvalue weighted by molar-refractivity contribution is -0.112. The minimum atomic E-state index is -0.835. The highest BCUT2D eigenvalue weighted by atomic mass is 19.1. The van der Waals surface area contributed by atoms with Crippen LogP contribution >= 0.6 is 0 Å². The molecule has 0 saturated heterocycles. The number of carbonyl (C=O) groups is 1. The van der Waals surface area contributed by atoms with Gasteiger partial charge in [-0.15, -0.1) is 0 Å². The van der Waals surface area contributed by atoms with E-state index in [1.807, 2.05) is 32.9 Å². The number of nitrogens with one attached hydrogen (secondary N) is 1. The van der Waals surface area contributed by atoms with Crippen molar-refractivity contribution in [2.75, 3.05) is 5.32 Å². The first-order valence-electron chi connectivity index (χ1n) is 7.28. The maximum absolute atomic E-state index is 13.7. The average Bonchev–Trinajstić information content (AvgIpc) is 2.50. The first kappa shape index (κ1) is 17.4. The van der Waals surface area contributed by atoms with Crippen LogP contribution in [-0.2, 0) is 4.79 Å². The Balaban J connectivity index is 2.38. The molecule has 0 bridgehead atoms. The van der Waals surface area contributed by atoms with Crippen molar-refractivity contribution in [2.24, 2.45) is 0 Å². The van der Waals surface area contributed by atoms with Gasteiger partial charge in [-0.05, 0) is 50.1 Å². The fourth-order valence-corrected chi connectivity index (χ4v) is 2.50. The number of halogens is 2. The van der Waals surface area contributed by atoms with E-state index >= 15 is 0 Å². The molecule has 0 atom stereocenters. The predicted molar refractivity (Wildman–Crippen MR) is 89.2 cm³/mol. The van der Waals surface area contributed by atoms with Gasteiger partial charge in [-0.1, -0.05) is 23.8 Å². The molecule has 0 radical (unpaired) electrons. The van der Waals surface area contributed by atoms with Gasteiger partial charge in [0.2, 0.25) is 0 Å². The molecular weight excluding hydrogens is 310 g/mol. The van der Waals surface area contributed by atoms with Crippen molar-refractivity contribution < 1.29 is 13.6 Å². The summed E-state index contributed by atoms with van der Waals surface area (Å²) in [7, 11) is 0. The largest absolute Gasteiger partial charge is 0.321 e. The Morgan fingerprint density at radius 3 is 2.17 bits per heavy atom. The van der Waals surface area contributed by atoms with Gasteiger partial charge >= 0.3 is 0 Å². The minimum absolute atomic E-state index is 0.377. The molecule has 24 heavy (non-hydrogen) atoms. The maximum Gasteiger partial charge on any atom is 0.266 e. The van der Waals surface area contributed by atoms with Gasteiger partial charge in [0.1, 0.15) is 23.3 Å². The molecular formula is C19H16F2N2O. The van der Waals surface area contributed by atoms with Crippen molar-refractivity contribution in [3.05, 3.63) is 69.8 Å². The molecule has 1 N–H and O–H groups in total. The summed E-state index contributed by atoms with van der Waals surface area (Å²) in [5, 5.41) is 11.8. The van der Waals surface area contributed by atoms with Crippen LogP contribution in [0.5, 0.6) is 0 Å². The molecule has 5 heteroatoms. The highest BCUT2D eigenvalue weighted by molar-refractivity contribution is 6.10. The summed E-state index contributed by atoms with van der Waals surface area (Å²) >= 11 is 0. The first-order valence-corrected chi connectivity index (χ1v) is 7.28. The van der Waals surface area contributed by atoms with E-state index in [4.69, 9.17) is 0 Å². The Bertz CT molecular complexity index is 836. The number of hydrogen-bond donors (Lipinski definition) is 1. The molecule has 2 aromatic carbocycles. The third kappa shape index (κ3) is 3.66. The van der Waals surface area contributed by atoms with Crippen molar-refractivity contribution in [2.45, 2.75) is 20.8 Å². The summed E-state index contributed by atoms with van der Waals surface area (Å²) in [4.78, 5) is 12.3. The summed E-state index contributed by atoms with van der Waals surface area (Å²) in [6.45, 7) is 5.61. The highest BCUT2D eigenvalue weighted by Gasteiger charge is 2.15. The van der Waals surface area contributed by atoms with Gasteiger partial charge in [-0.2, -0.15) is 5.26 Å². The molecule has 0 heterocycles. The normalized spacial score (nSPS) is 11.1. The van der Waals surface area contributed by atoms with E-state index in [1.54, 1.807) is 6.07 Å². The van der Waals surface area contributed by atoms with Crippen LogP contribution < -0.4 is 5.32 Å². The monoisotopic (exact) mass is 326 g/mol. The van der Waals surface area contributed by atoms with Crippen molar-refractivity contribution in [3.8, 4) is 6.07 Å². The average molecular weight is 326 g/mol. The summed E-state index contributed by atoms with van der Waals surface area (Å²) in [6.07, 6.45) is 0.916. The lowest BCUT2D eigenvalue weighted by atomic mass is 10.0. The van der Waals surface area contributed by atoms with Gasteiger partial charge in [-0.25, -0.2) is 8.78 Å². The van der Waals surface area contributed by atoms with Crippen LogP contribution in [0.4, 0.5) is 14.5 Å². The lowest BCUT2D eigenvalue weighted by Gasteiger charge is -2.12. The molecule has 0 aromatic heterocycles. The number of nitrogens with zero attached hydrogens (tertiary/aromatic N) is 1. The maximum atomic E-state index is 13.7. The van der Waals surface area contributed by atoms with Gasteiger partial charge in [0, 0.05) is 11.3 Å². The van der Waals surface area contributed by atoms with Gasteiger partial charge < -0.3 is 5.32 Å². The van der Waals surface area contributed by atoms with Crippen LogP contribution in [-0.4, -0.2) is 5.91 Å². The van der Waals surface area contributed by atoms with E-state index < -0.39 is 23.1 Å². The first-order chi connectivity index (χ1) is 11.3. The van der Waals surface area contributed by atoms with E-state index in [2.05, 4.69) is 5.32 Å². The van der Waals surface area contributed by atoms with Gasteiger partial charge in [-0.3, -0.25) is 4.79 Å². The Morgan fingerprint density at radius 2 is 1.67 bits per heavy atom. The topological polar surface area (TPSA) is 52.9 Å². The van der Waals surface area contributed by atoms with E-state index in [9.17, 15) is 18.8 Å². The number of benzene rings is 2. The van der Waals surface area contributed by atoms with Crippen molar-refractivity contribution in [1.29, 1.82) is 5.26 Å². The molecule has 2 aromatic rings. The van der Waals surface area contributed by atoms with Crippen LogP contribution in [0, 0.1) is 43.7 Å². The van der Waals surface area contributed by atoms with Crippen LogP contribution in [0.3, 0.4) is 0 Å². The number of amides is 1. The van der Waals surface area contributed by atoms with E-state index in [-0.39, 0.29) is 5.57 Å².